The molecule has 2 aliphatic rings. The van der Waals surface area contributed by atoms with Crippen molar-refractivity contribution in [3.63, 3.8) is 0 Å². The van der Waals surface area contributed by atoms with Crippen molar-refractivity contribution >= 4 is 12.0 Å². The Kier molecular flexibility index (Phi) is 7.65. The van der Waals surface area contributed by atoms with Crippen LogP contribution in [0.3, 0.4) is 0 Å². The Labute approximate surface area is 178 Å². The highest BCUT2D eigenvalue weighted by molar-refractivity contribution is 5.91. The summed E-state index contributed by atoms with van der Waals surface area (Å²) < 4.78 is 29.3. The van der Waals surface area contributed by atoms with Gasteiger partial charge in [-0.25, -0.2) is 0 Å². The predicted octanol–water partition coefficient (Wildman–Crippen LogP) is 2.06. The van der Waals surface area contributed by atoms with Crippen LogP contribution in [0.5, 0.6) is 0 Å². The molecule has 6 unspecified atom stereocenters. The third kappa shape index (κ3) is 4.92. The molecule has 1 aromatic rings. The normalized spacial score (nSPS) is 31.1. The zero-order chi connectivity index (χ0) is 21.8. The van der Waals surface area contributed by atoms with Gasteiger partial charge >= 0.3 is 0 Å². The van der Waals surface area contributed by atoms with Crippen LogP contribution in [0, 0.1) is 0 Å². The Hall–Kier alpha value is -1.77. The van der Waals surface area contributed by atoms with E-state index < -0.39 is 6.29 Å². The van der Waals surface area contributed by atoms with E-state index >= 15 is 0 Å². The van der Waals surface area contributed by atoms with Crippen molar-refractivity contribution in [2.24, 2.45) is 0 Å². The number of fused-ring (bicyclic) bond motifs is 1. The van der Waals surface area contributed by atoms with Gasteiger partial charge in [0.25, 0.3) is 0 Å². The summed E-state index contributed by atoms with van der Waals surface area (Å²) in [6, 6.07) is 6.26. The molecule has 3 rings (SSSR count). The fourth-order valence-electron chi connectivity index (χ4n) is 4.23. The summed E-state index contributed by atoms with van der Waals surface area (Å²) in [6.45, 7) is 1.96. The highest BCUT2D eigenvalue weighted by Crippen LogP contribution is 2.32. The molecule has 1 aliphatic heterocycles. The largest absolute Gasteiger partial charge is 0.376 e. The minimum absolute atomic E-state index is 0.00547. The van der Waals surface area contributed by atoms with Crippen LogP contribution in [-0.4, -0.2) is 83.0 Å². The summed E-state index contributed by atoms with van der Waals surface area (Å²) in [4.78, 5) is 13.3. The molecule has 0 radical (unpaired) electrons. The van der Waals surface area contributed by atoms with Crippen molar-refractivity contribution in [3.05, 3.63) is 41.0 Å². The van der Waals surface area contributed by atoms with E-state index in [2.05, 4.69) is 12.1 Å². The second-order valence-electron chi connectivity index (χ2n) is 8.07. The van der Waals surface area contributed by atoms with E-state index in [-0.39, 0.29) is 36.4 Å². The van der Waals surface area contributed by atoms with Crippen molar-refractivity contribution in [2.75, 3.05) is 35.4 Å². The topological polar surface area (TPSA) is 66.5 Å². The summed E-state index contributed by atoms with van der Waals surface area (Å²) in [6.07, 6.45) is 3.44. The fourth-order valence-corrected chi connectivity index (χ4v) is 4.23. The van der Waals surface area contributed by atoms with Crippen molar-refractivity contribution in [1.29, 1.82) is 0 Å². The SMILES string of the molecule is COC1C(C)OC(OC2Cc3ccc(C=CC(=O)N(C)C)cc3C2)C(OC)C1OC. The number of rotatable bonds is 7. The lowest BCUT2D eigenvalue weighted by Gasteiger charge is -2.44. The van der Waals surface area contributed by atoms with Crippen LogP contribution in [0.25, 0.3) is 6.08 Å². The lowest BCUT2D eigenvalue weighted by atomic mass is 9.99. The maximum atomic E-state index is 11.8. The van der Waals surface area contributed by atoms with Crippen LogP contribution in [0.4, 0.5) is 0 Å². The molecule has 6 atom stereocenters. The number of benzene rings is 1. The van der Waals surface area contributed by atoms with E-state index in [1.807, 2.05) is 19.1 Å². The molecule has 1 aromatic carbocycles. The Balaban J connectivity index is 1.67. The zero-order valence-corrected chi connectivity index (χ0v) is 18.7. The summed E-state index contributed by atoms with van der Waals surface area (Å²) >= 11 is 0. The van der Waals surface area contributed by atoms with E-state index in [1.165, 1.54) is 11.1 Å². The van der Waals surface area contributed by atoms with Crippen molar-refractivity contribution in [1.82, 2.24) is 4.90 Å². The molecule has 1 amide bonds. The standard InChI is InChI=1S/C23H33NO6/c1-14-20(26-4)21(27-5)22(28-6)23(29-14)30-18-12-16-9-7-15(11-17(16)13-18)8-10-19(25)24(2)3/h7-11,14,18,20-23H,12-13H2,1-6H3. The van der Waals surface area contributed by atoms with Gasteiger partial charge in [0.2, 0.25) is 5.91 Å². The number of carbonyl (C=O) groups excluding carboxylic acids is 1. The minimum Gasteiger partial charge on any atom is -0.376 e. The first-order valence-corrected chi connectivity index (χ1v) is 10.3. The van der Waals surface area contributed by atoms with Gasteiger partial charge in [0.1, 0.15) is 18.3 Å². The van der Waals surface area contributed by atoms with Crippen molar-refractivity contribution in [3.8, 4) is 0 Å². The Morgan fingerprint density at radius 3 is 2.33 bits per heavy atom. The van der Waals surface area contributed by atoms with Crippen LogP contribution < -0.4 is 0 Å². The Bertz CT molecular complexity index is 764. The third-order valence-electron chi connectivity index (χ3n) is 5.85. The molecule has 0 N–H and O–H groups in total. The van der Waals surface area contributed by atoms with Crippen LogP contribution in [0.2, 0.25) is 0 Å². The summed E-state index contributed by atoms with van der Waals surface area (Å²) in [5.41, 5.74) is 3.49. The summed E-state index contributed by atoms with van der Waals surface area (Å²) in [7, 11) is 8.41. The third-order valence-corrected chi connectivity index (χ3v) is 5.85. The van der Waals surface area contributed by atoms with Gasteiger partial charge in [0, 0.05) is 41.5 Å². The van der Waals surface area contributed by atoms with Gasteiger partial charge in [-0.3, -0.25) is 4.79 Å². The van der Waals surface area contributed by atoms with Crippen LogP contribution in [0.1, 0.15) is 23.6 Å². The highest BCUT2D eigenvalue weighted by atomic mass is 16.7. The molecule has 30 heavy (non-hydrogen) atoms. The van der Waals surface area contributed by atoms with Crippen molar-refractivity contribution in [2.45, 2.75) is 56.6 Å². The van der Waals surface area contributed by atoms with E-state index in [9.17, 15) is 4.79 Å². The number of ether oxygens (including phenoxy) is 5. The van der Waals surface area contributed by atoms with Gasteiger partial charge in [-0.15, -0.1) is 0 Å². The Morgan fingerprint density at radius 2 is 1.70 bits per heavy atom. The number of nitrogens with zero attached hydrogens (tertiary/aromatic N) is 1. The number of likely N-dealkylation sites (N-methyl/N-ethyl adjacent to an activating group) is 1. The molecular weight excluding hydrogens is 386 g/mol. The molecule has 0 spiro atoms. The molecule has 0 bridgehead atoms. The van der Waals surface area contributed by atoms with Gasteiger partial charge in [-0.1, -0.05) is 18.2 Å². The minimum atomic E-state index is -0.530. The zero-order valence-electron chi connectivity index (χ0n) is 18.7. The number of hydrogen-bond donors (Lipinski definition) is 0. The van der Waals surface area contributed by atoms with Crippen LogP contribution in [0.15, 0.2) is 24.3 Å². The van der Waals surface area contributed by atoms with Gasteiger partial charge in [-0.2, -0.15) is 0 Å². The van der Waals surface area contributed by atoms with E-state index in [0.717, 1.165) is 18.4 Å². The first-order chi connectivity index (χ1) is 14.4. The Morgan fingerprint density at radius 1 is 1.03 bits per heavy atom. The number of amides is 1. The maximum Gasteiger partial charge on any atom is 0.246 e. The van der Waals surface area contributed by atoms with Gasteiger partial charge in [0.05, 0.1) is 12.2 Å². The molecule has 166 valence electrons. The van der Waals surface area contributed by atoms with Gasteiger partial charge in [0.15, 0.2) is 6.29 Å². The van der Waals surface area contributed by atoms with E-state index in [1.54, 1.807) is 46.4 Å². The predicted molar refractivity (Wildman–Crippen MR) is 113 cm³/mol. The first kappa shape index (κ1) is 22.9. The molecule has 1 heterocycles. The van der Waals surface area contributed by atoms with Crippen molar-refractivity contribution < 1.29 is 28.5 Å². The molecule has 7 heteroatoms. The average molecular weight is 420 g/mol. The second-order valence-corrected chi connectivity index (χ2v) is 8.07. The molecule has 1 saturated heterocycles. The number of carbonyl (C=O) groups is 1. The molecule has 0 saturated carbocycles. The van der Waals surface area contributed by atoms with Gasteiger partial charge in [-0.05, 0) is 42.5 Å². The summed E-state index contributed by atoms with van der Waals surface area (Å²) in [5.74, 6) is -0.0343. The lowest BCUT2D eigenvalue weighted by Crippen LogP contribution is -2.59. The van der Waals surface area contributed by atoms with E-state index in [0.29, 0.717) is 0 Å². The average Bonchev–Trinajstić information content (AvgIpc) is 3.12. The quantitative estimate of drug-likeness (QED) is 0.631. The molecule has 1 aliphatic carbocycles. The highest BCUT2D eigenvalue weighted by Gasteiger charge is 2.47. The van der Waals surface area contributed by atoms with Crippen LogP contribution >= 0.6 is 0 Å². The fraction of sp³-hybridized carbons (Fsp3) is 0.609. The number of hydrogen-bond acceptors (Lipinski definition) is 6. The van der Waals surface area contributed by atoms with E-state index in [4.69, 9.17) is 23.7 Å². The molecular formula is C23H33NO6. The molecule has 0 aromatic heterocycles. The molecule has 1 fully saturated rings. The smallest absolute Gasteiger partial charge is 0.246 e. The maximum absolute atomic E-state index is 11.8. The van der Waals surface area contributed by atoms with Gasteiger partial charge < -0.3 is 28.6 Å². The van der Waals surface area contributed by atoms with Crippen LogP contribution in [-0.2, 0) is 41.3 Å². The molecule has 7 nitrogen and oxygen atoms in total. The number of methoxy groups -OCH3 is 3. The second kappa shape index (κ2) is 10.0. The first-order valence-electron chi connectivity index (χ1n) is 10.3. The lowest BCUT2D eigenvalue weighted by molar-refractivity contribution is -0.314. The monoisotopic (exact) mass is 419 g/mol. The summed E-state index contributed by atoms with van der Waals surface area (Å²) in [5, 5.41) is 0.